The normalized spacial score (nSPS) is 15.7. The van der Waals surface area contributed by atoms with E-state index >= 15 is 0 Å². The Balaban J connectivity index is 2.03. The zero-order valence-corrected chi connectivity index (χ0v) is 9.77. The number of benzene rings is 1. The van der Waals surface area contributed by atoms with Crippen LogP contribution in [-0.4, -0.2) is 35.3 Å². The number of methoxy groups -OCH3 is 1. The third-order valence-corrected chi connectivity index (χ3v) is 2.92. The Morgan fingerprint density at radius 3 is 2.89 bits per heavy atom. The highest BCUT2D eigenvalue weighted by Crippen LogP contribution is 2.23. The van der Waals surface area contributed by atoms with Crippen LogP contribution in [0.25, 0.3) is 11.0 Å². The van der Waals surface area contributed by atoms with Crippen LogP contribution in [0.4, 0.5) is 5.95 Å². The van der Waals surface area contributed by atoms with Crippen molar-refractivity contribution in [2.75, 3.05) is 18.6 Å². The lowest BCUT2D eigenvalue weighted by atomic mass is 10.3. The molecule has 1 aliphatic rings. The predicted molar refractivity (Wildman–Crippen MR) is 64.6 cm³/mol. The Hall–Kier alpha value is -2.37. The lowest BCUT2D eigenvalue weighted by Gasteiger charge is -2.09. The van der Waals surface area contributed by atoms with E-state index in [1.807, 2.05) is 0 Å². The molecule has 1 aliphatic heterocycles. The van der Waals surface area contributed by atoms with E-state index in [0.717, 1.165) is 11.0 Å². The van der Waals surface area contributed by atoms with Crippen molar-refractivity contribution < 1.29 is 14.3 Å². The molecule has 6 nitrogen and oxygen atoms in total. The predicted octanol–water partition coefficient (Wildman–Crippen LogP) is 0.877. The topological polar surface area (TPSA) is 75.3 Å². The van der Waals surface area contributed by atoms with Crippen LogP contribution >= 0.6 is 0 Å². The molecule has 18 heavy (non-hydrogen) atoms. The van der Waals surface area contributed by atoms with Crippen LogP contribution in [0, 0.1) is 0 Å². The minimum atomic E-state index is -0.217. The maximum atomic E-state index is 11.6. The zero-order chi connectivity index (χ0) is 12.7. The standard InChI is InChI=1S/C12H11N3O3/c1-18-8-2-3-9-10(5-8)14-12(13-9)15-6-7(16)4-11(15)17/h2-3,5H,4,6H2,1H3,(H,13,14). The number of nitrogens with one attached hydrogen (secondary N) is 1. The summed E-state index contributed by atoms with van der Waals surface area (Å²) in [6.07, 6.45) is -0.0413. The number of ether oxygens (including phenoxy) is 1. The molecule has 1 aromatic carbocycles. The summed E-state index contributed by atoms with van der Waals surface area (Å²) >= 11 is 0. The highest BCUT2D eigenvalue weighted by Gasteiger charge is 2.30. The Bertz CT molecular complexity index is 647. The average Bonchev–Trinajstić information content (AvgIpc) is 2.90. The van der Waals surface area contributed by atoms with Crippen LogP contribution in [0.2, 0.25) is 0 Å². The number of hydrogen-bond donors (Lipinski definition) is 1. The Morgan fingerprint density at radius 1 is 1.39 bits per heavy atom. The van der Waals surface area contributed by atoms with Gasteiger partial charge >= 0.3 is 0 Å². The Labute approximate surface area is 103 Å². The van der Waals surface area contributed by atoms with E-state index in [2.05, 4.69) is 9.97 Å². The van der Waals surface area contributed by atoms with Crippen molar-refractivity contribution in [3.63, 3.8) is 0 Å². The Kier molecular flexibility index (Phi) is 2.29. The molecule has 3 rings (SSSR count). The van der Waals surface area contributed by atoms with Crippen LogP contribution in [0.5, 0.6) is 5.75 Å². The zero-order valence-electron chi connectivity index (χ0n) is 9.77. The molecule has 1 fully saturated rings. The van der Waals surface area contributed by atoms with Gasteiger partial charge in [0, 0.05) is 6.07 Å². The van der Waals surface area contributed by atoms with Gasteiger partial charge in [0.15, 0.2) is 5.78 Å². The van der Waals surface area contributed by atoms with Crippen molar-refractivity contribution in [3.05, 3.63) is 18.2 Å². The van der Waals surface area contributed by atoms with E-state index in [1.165, 1.54) is 4.90 Å². The summed E-state index contributed by atoms with van der Waals surface area (Å²) in [4.78, 5) is 31.5. The molecule has 0 unspecified atom stereocenters. The van der Waals surface area contributed by atoms with E-state index in [-0.39, 0.29) is 24.7 Å². The van der Waals surface area contributed by atoms with Crippen molar-refractivity contribution in [2.45, 2.75) is 6.42 Å². The van der Waals surface area contributed by atoms with E-state index in [1.54, 1.807) is 25.3 Å². The molecule has 1 saturated heterocycles. The largest absolute Gasteiger partial charge is 0.497 e. The quantitative estimate of drug-likeness (QED) is 0.797. The number of imidazole rings is 1. The highest BCUT2D eigenvalue weighted by atomic mass is 16.5. The van der Waals surface area contributed by atoms with Gasteiger partial charge in [0.1, 0.15) is 5.75 Å². The third-order valence-electron chi connectivity index (χ3n) is 2.92. The van der Waals surface area contributed by atoms with Gasteiger partial charge in [0.05, 0.1) is 31.1 Å². The summed E-state index contributed by atoms with van der Waals surface area (Å²) in [5.74, 6) is 0.819. The number of aromatic nitrogens is 2. The molecule has 1 aromatic heterocycles. The number of aromatic amines is 1. The monoisotopic (exact) mass is 245 g/mol. The molecule has 0 radical (unpaired) electrons. The molecule has 0 atom stereocenters. The molecule has 2 aromatic rings. The van der Waals surface area contributed by atoms with Crippen LogP contribution in [0.15, 0.2) is 18.2 Å². The summed E-state index contributed by atoms with van der Waals surface area (Å²) in [7, 11) is 1.58. The van der Waals surface area contributed by atoms with Crippen LogP contribution in [0.1, 0.15) is 6.42 Å². The van der Waals surface area contributed by atoms with Gasteiger partial charge in [-0.2, -0.15) is 0 Å². The van der Waals surface area contributed by atoms with Gasteiger partial charge in [-0.1, -0.05) is 0 Å². The van der Waals surface area contributed by atoms with Gasteiger partial charge < -0.3 is 9.72 Å². The van der Waals surface area contributed by atoms with Crippen molar-refractivity contribution in [1.29, 1.82) is 0 Å². The van der Waals surface area contributed by atoms with E-state index in [0.29, 0.717) is 11.7 Å². The van der Waals surface area contributed by atoms with Gasteiger partial charge in [-0.25, -0.2) is 4.98 Å². The maximum Gasteiger partial charge on any atom is 0.237 e. The molecule has 0 spiro atoms. The molecule has 0 bridgehead atoms. The molecule has 0 aliphatic carbocycles. The van der Waals surface area contributed by atoms with Gasteiger partial charge in [-0.3, -0.25) is 14.5 Å². The molecule has 92 valence electrons. The van der Waals surface area contributed by atoms with Crippen LogP contribution in [0.3, 0.4) is 0 Å². The first-order valence-corrected chi connectivity index (χ1v) is 5.53. The summed E-state index contributed by atoms with van der Waals surface area (Å²) in [6.45, 7) is 0.0930. The summed E-state index contributed by atoms with van der Waals surface area (Å²) in [6, 6.07) is 5.40. The van der Waals surface area contributed by atoms with Crippen LogP contribution < -0.4 is 9.64 Å². The number of H-pyrrole nitrogens is 1. The van der Waals surface area contributed by atoms with E-state index in [4.69, 9.17) is 4.74 Å². The smallest absolute Gasteiger partial charge is 0.237 e. The number of fused-ring (bicyclic) bond motifs is 1. The number of carbonyl (C=O) groups excluding carboxylic acids is 2. The summed E-state index contributed by atoms with van der Waals surface area (Å²) < 4.78 is 5.11. The minimum absolute atomic E-state index is 0.0413. The highest BCUT2D eigenvalue weighted by molar-refractivity contribution is 6.14. The second-order valence-electron chi connectivity index (χ2n) is 4.14. The number of carbonyl (C=O) groups is 2. The molecule has 2 heterocycles. The van der Waals surface area contributed by atoms with Crippen molar-refractivity contribution in [1.82, 2.24) is 9.97 Å². The lowest BCUT2D eigenvalue weighted by Crippen LogP contribution is -2.25. The first-order chi connectivity index (χ1) is 8.67. The molecular weight excluding hydrogens is 234 g/mol. The molecular formula is C12H11N3O3. The fraction of sp³-hybridized carbons (Fsp3) is 0.250. The molecule has 1 amide bonds. The summed E-state index contributed by atoms with van der Waals surface area (Å²) in [5.41, 5.74) is 1.51. The van der Waals surface area contributed by atoms with E-state index in [9.17, 15) is 9.59 Å². The number of Topliss-reactive ketones (excluding diaryl/α,β-unsaturated/α-hetero) is 1. The maximum absolute atomic E-state index is 11.6. The Morgan fingerprint density at radius 2 is 2.22 bits per heavy atom. The second kappa shape index (κ2) is 3.83. The van der Waals surface area contributed by atoms with Gasteiger partial charge in [0.25, 0.3) is 0 Å². The fourth-order valence-electron chi connectivity index (χ4n) is 2.01. The first kappa shape index (κ1) is 10.8. The van der Waals surface area contributed by atoms with E-state index < -0.39 is 0 Å². The SMILES string of the molecule is COc1ccc2nc(N3CC(=O)CC3=O)[nH]c2c1. The van der Waals surface area contributed by atoms with Crippen molar-refractivity contribution in [2.24, 2.45) is 0 Å². The molecule has 6 heteroatoms. The fourth-order valence-corrected chi connectivity index (χ4v) is 2.01. The van der Waals surface area contributed by atoms with Gasteiger partial charge in [-0.05, 0) is 12.1 Å². The average molecular weight is 245 g/mol. The minimum Gasteiger partial charge on any atom is -0.497 e. The molecule has 1 N–H and O–H groups in total. The number of ketones is 1. The van der Waals surface area contributed by atoms with Gasteiger partial charge in [-0.15, -0.1) is 0 Å². The number of anilines is 1. The first-order valence-electron chi connectivity index (χ1n) is 5.53. The van der Waals surface area contributed by atoms with Gasteiger partial charge in [0.2, 0.25) is 11.9 Å². The molecule has 0 saturated carbocycles. The number of rotatable bonds is 2. The third kappa shape index (κ3) is 1.62. The lowest BCUT2D eigenvalue weighted by molar-refractivity contribution is -0.121. The second-order valence-corrected chi connectivity index (χ2v) is 4.14. The number of amides is 1. The number of hydrogen-bond acceptors (Lipinski definition) is 4. The number of nitrogens with zero attached hydrogens (tertiary/aromatic N) is 2. The van der Waals surface area contributed by atoms with Crippen molar-refractivity contribution >= 4 is 28.7 Å². The van der Waals surface area contributed by atoms with Crippen LogP contribution in [-0.2, 0) is 9.59 Å². The summed E-state index contributed by atoms with van der Waals surface area (Å²) in [5, 5.41) is 0. The van der Waals surface area contributed by atoms with Crippen molar-refractivity contribution in [3.8, 4) is 5.75 Å².